The first-order valence-corrected chi connectivity index (χ1v) is 7.42. The van der Waals surface area contributed by atoms with E-state index in [-0.39, 0.29) is 18.1 Å². The normalized spacial score (nSPS) is 10.8. The fourth-order valence-electron chi connectivity index (χ4n) is 2.56. The molecular formula is C15H21N5O3. The first-order chi connectivity index (χ1) is 10.8. The van der Waals surface area contributed by atoms with Crippen molar-refractivity contribution in [3.05, 3.63) is 23.1 Å². The maximum absolute atomic E-state index is 12.5. The molecule has 8 heteroatoms. The molecule has 1 amide bonds. The van der Waals surface area contributed by atoms with Crippen LogP contribution >= 0.6 is 0 Å². The smallest absolute Gasteiger partial charge is 0.323 e. The van der Waals surface area contributed by atoms with Gasteiger partial charge in [0.15, 0.2) is 0 Å². The fraction of sp³-hybridized carbons (Fsp3) is 0.467. The first-order valence-electron chi connectivity index (χ1n) is 7.42. The first kappa shape index (κ1) is 16.7. The highest BCUT2D eigenvalue weighted by Crippen LogP contribution is 2.25. The van der Waals surface area contributed by atoms with Gasteiger partial charge in [0.25, 0.3) is 5.91 Å². The third-order valence-electron chi connectivity index (χ3n) is 3.68. The zero-order valence-corrected chi connectivity index (χ0v) is 13.8. The highest BCUT2D eigenvalue weighted by Gasteiger charge is 2.22. The zero-order valence-electron chi connectivity index (χ0n) is 13.8. The number of H-pyrrole nitrogens is 1. The van der Waals surface area contributed by atoms with Gasteiger partial charge in [0, 0.05) is 24.8 Å². The SMILES string of the molecule is CCCN(CC(=O)O)C(=O)c1cc(-c2c(C)nn(C)c2C)n[nH]1. The van der Waals surface area contributed by atoms with Gasteiger partial charge in [-0.1, -0.05) is 6.92 Å². The van der Waals surface area contributed by atoms with Crippen molar-refractivity contribution in [3.63, 3.8) is 0 Å². The Balaban J connectivity index is 2.30. The van der Waals surface area contributed by atoms with Crippen LogP contribution in [-0.4, -0.2) is 55.0 Å². The minimum atomic E-state index is -1.04. The van der Waals surface area contributed by atoms with Crippen LogP contribution in [0, 0.1) is 13.8 Å². The molecule has 8 nitrogen and oxygen atoms in total. The van der Waals surface area contributed by atoms with Gasteiger partial charge in [-0.05, 0) is 26.3 Å². The van der Waals surface area contributed by atoms with E-state index in [0.29, 0.717) is 18.7 Å². The Morgan fingerprint density at radius 2 is 2.09 bits per heavy atom. The summed E-state index contributed by atoms with van der Waals surface area (Å²) in [6.07, 6.45) is 0.681. The van der Waals surface area contributed by atoms with Gasteiger partial charge in [0.1, 0.15) is 12.2 Å². The number of hydrogen-bond donors (Lipinski definition) is 2. The summed E-state index contributed by atoms with van der Waals surface area (Å²) in [5.41, 5.74) is 3.55. The topological polar surface area (TPSA) is 104 Å². The predicted octanol–water partition coefficient (Wildman–Crippen LogP) is 1.36. The Kier molecular flexibility index (Phi) is 4.83. The van der Waals surface area contributed by atoms with Gasteiger partial charge in [0.2, 0.25) is 0 Å². The molecule has 23 heavy (non-hydrogen) atoms. The maximum atomic E-state index is 12.5. The molecule has 0 aliphatic rings. The number of hydrogen-bond acceptors (Lipinski definition) is 4. The van der Waals surface area contributed by atoms with Crippen LogP contribution in [0.15, 0.2) is 6.07 Å². The molecule has 0 saturated carbocycles. The van der Waals surface area contributed by atoms with Crippen LogP contribution < -0.4 is 0 Å². The molecule has 124 valence electrons. The third-order valence-corrected chi connectivity index (χ3v) is 3.68. The molecule has 0 aromatic carbocycles. The van der Waals surface area contributed by atoms with Crippen molar-refractivity contribution in [2.75, 3.05) is 13.1 Å². The molecule has 0 saturated heterocycles. The molecule has 2 heterocycles. The lowest BCUT2D eigenvalue weighted by Crippen LogP contribution is -2.36. The lowest BCUT2D eigenvalue weighted by atomic mass is 10.1. The molecule has 0 fully saturated rings. The number of aromatic amines is 1. The number of carboxylic acid groups (broad SMARTS) is 1. The predicted molar refractivity (Wildman–Crippen MR) is 84.1 cm³/mol. The lowest BCUT2D eigenvalue weighted by Gasteiger charge is -2.18. The summed E-state index contributed by atoms with van der Waals surface area (Å²) in [5, 5.41) is 20.2. The van der Waals surface area contributed by atoms with E-state index in [9.17, 15) is 9.59 Å². The number of carbonyl (C=O) groups is 2. The van der Waals surface area contributed by atoms with Crippen LogP contribution in [0.5, 0.6) is 0 Å². The molecule has 0 aliphatic heterocycles. The van der Waals surface area contributed by atoms with Gasteiger partial charge in [-0.15, -0.1) is 0 Å². The summed E-state index contributed by atoms with van der Waals surface area (Å²) in [5.74, 6) is -1.40. The molecule has 0 aliphatic carbocycles. The van der Waals surface area contributed by atoms with Gasteiger partial charge in [-0.2, -0.15) is 10.2 Å². The molecular weight excluding hydrogens is 298 g/mol. The number of aromatic nitrogens is 4. The Bertz CT molecular complexity index is 732. The van der Waals surface area contributed by atoms with Crippen LogP contribution in [0.3, 0.4) is 0 Å². The summed E-state index contributed by atoms with van der Waals surface area (Å²) in [7, 11) is 1.85. The minimum Gasteiger partial charge on any atom is -0.480 e. The average Bonchev–Trinajstić information content (AvgIpc) is 3.03. The van der Waals surface area contributed by atoms with Crippen molar-refractivity contribution in [2.24, 2.45) is 7.05 Å². The Hall–Kier alpha value is -2.64. The molecule has 0 bridgehead atoms. The molecule has 0 unspecified atom stereocenters. The molecule has 0 atom stereocenters. The van der Waals surface area contributed by atoms with E-state index in [2.05, 4.69) is 15.3 Å². The van der Waals surface area contributed by atoms with Gasteiger partial charge in [-0.25, -0.2) is 0 Å². The van der Waals surface area contributed by atoms with E-state index in [1.807, 2.05) is 27.8 Å². The standard InChI is InChI=1S/C15H21N5O3/c1-5-6-20(8-13(21)22)15(23)12-7-11(16-17-12)14-9(2)18-19(4)10(14)3/h7H,5-6,8H2,1-4H3,(H,16,17)(H,21,22). The largest absolute Gasteiger partial charge is 0.480 e. The number of nitrogens with zero attached hydrogens (tertiary/aromatic N) is 4. The molecule has 2 N–H and O–H groups in total. The lowest BCUT2D eigenvalue weighted by molar-refractivity contribution is -0.137. The maximum Gasteiger partial charge on any atom is 0.323 e. The van der Waals surface area contributed by atoms with Gasteiger partial charge in [0.05, 0.1) is 11.4 Å². The van der Waals surface area contributed by atoms with Gasteiger partial charge >= 0.3 is 5.97 Å². The van der Waals surface area contributed by atoms with Crippen molar-refractivity contribution in [2.45, 2.75) is 27.2 Å². The summed E-state index contributed by atoms with van der Waals surface area (Å²) in [6, 6.07) is 1.64. The van der Waals surface area contributed by atoms with E-state index >= 15 is 0 Å². The van der Waals surface area contributed by atoms with E-state index in [1.165, 1.54) is 4.90 Å². The quantitative estimate of drug-likeness (QED) is 0.836. The van der Waals surface area contributed by atoms with Crippen LogP contribution in [0.2, 0.25) is 0 Å². The monoisotopic (exact) mass is 319 g/mol. The molecule has 2 aromatic rings. The summed E-state index contributed by atoms with van der Waals surface area (Å²) in [4.78, 5) is 24.7. The number of carbonyl (C=O) groups excluding carboxylic acids is 1. The average molecular weight is 319 g/mol. The third kappa shape index (κ3) is 3.41. The number of nitrogens with one attached hydrogen (secondary N) is 1. The molecule has 0 radical (unpaired) electrons. The van der Waals surface area contributed by atoms with E-state index in [0.717, 1.165) is 17.0 Å². The minimum absolute atomic E-state index is 0.275. The number of rotatable bonds is 6. The second-order valence-corrected chi connectivity index (χ2v) is 5.46. The van der Waals surface area contributed by atoms with Crippen molar-refractivity contribution >= 4 is 11.9 Å². The summed E-state index contributed by atoms with van der Waals surface area (Å²) >= 11 is 0. The van der Waals surface area contributed by atoms with Crippen molar-refractivity contribution in [1.29, 1.82) is 0 Å². The Labute approximate surface area is 134 Å². The number of carboxylic acids is 1. The number of aliphatic carboxylic acids is 1. The number of amides is 1. The van der Waals surface area contributed by atoms with Gasteiger partial charge in [-0.3, -0.25) is 19.4 Å². The Morgan fingerprint density at radius 1 is 1.39 bits per heavy atom. The van der Waals surface area contributed by atoms with Crippen LogP contribution in [0.1, 0.15) is 35.2 Å². The zero-order chi connectivity index (χ0) is 17.1. The van der Waals surface area contributed by atoms with Crippen LogP contribution in [0.4, 0.5) is 0 Å². The van der Waals surface area contributed by atoms with Gasteiger partial charge < -0.3 is 10.0 Å². The summed E-state index contributed by atoms with van der Waals surface area (Å²) < 4.78 is 1.76. The highest BCUT2D eigenvalue weighted by molar-refractivity contribution is 5.95. The second-order valence-electron chi connectivity index (χ2n) is 5.46. The highest BCUT2D eigenvalue weighted by atomic mass is 16.4. The second kappa shape index (κ2) is 6.64. The molecule has 2 aromatic heterocycles. The Morgan fingerprint density at radius 3 is 2.61 bits per heavy atom. The number of aryl methyl sites for hydroxylation is 2. The molecule has 2 rings (SSSR count). The van der Waals surface area contributed by atoms with E-state index in [4.69, 9.17) is 5.11 Å². The summed E-state index contributed by atoms with van der Waals surface area (Å²) in [6.45, 7) is 5.75. The van der Waals surface area contributed by atoms with Crippen LogP contribution in [0.25, 0.3) is 11.3 Å². The van der Waals surface area contributed by atoms with E-state index < -0.39 is 5.97 Å². The van der Waals surface area contributed by atoms with Crippen LogP contribution in [-0.2, 0) is 11.8 Å². The van der Waals surface area contributed by atoms with Crippen molar-refractivity contribution in [3.8, 4) is 11.3 Å². The van der Waals surface area contributed by atoms with Crippen molar-refractivity contribution in [1.82, 2.24) is 24.9 Å². The van der Waals surface area contributed by atoms with E-state index in [1.54, 1.807) is 10.7 Å². The van der Waals surface area contributed by atoms with Crippen molar-refractivity contribution < 1.29 is 14.7 Å². The molecule has 0 spiro atoms. The fourth-order valence-corrected chi connectivity index (χ4v) is 2.56.